The molecule has 5 aromatic rings. The van der Waals surface area contributed by atoms with Crippen molar-refractivity contribution in [3.05, 3.63) is 99.0 Å². The van der Waals surface area contributed by atoms with Gasteiger partial charge in [-0.25, -0.2) is 9.48 Å². The van der Waals surface area contributed by atoms with Crippen molar-refractivity contribution in [3.63, 3.8) is 0 Å². The first-order valence-corrected chi connectivity index (χ1v) is 14.0. The maximum atomic E-state index is 13.4. The molecular weight excluding hydrogens is 565 g/mol. The predicted molar refractivity (Wildman–Crippen MR) is 158 cm³/mol. The molecule has 1 saturated heterocycles. The maximum Gasteiger partial charge on any atom is 0.367 e. The summed E-state index contributed by atoms with van der Waals surface area (Å²) in [7, 11) is 0. The number of aromatic nitrogens is 4. The third kappa shape index (κ3) is 5.94. The molecule has 1 aliphatic rings. The van der Waals surface area contributed by atoms with Crippen LogP contribution < -0.4 is 10.4 Å². The molecule has 0 atom stereocenters. The fourth-order valence-electron chi connectivity index (χ4n) is 4.87. The van der Waals surface area contributed by atoms with Crippen molar-refractivity contribution >= 4 is 28.8 Å². The highest BCUT2D eigenvalue weighted by atomic mass is 35.5. The number of aromatic hydroxyl groups is 1. The molecule has 0 aliphatic carbocycles. The van der Waals surface area contributed by atoms with Crippen LogP contribution in [0, 0.1) is 0 Å². The van der Waals surface area contributed by atoms with Crippen LogP contribution in [0.25, 0.3) is 27.9 Å². The highest BCUT2D eigenvalue weighted by Gasteiger charge is 2.19. The lowest BCUT2D eigenvalue weighted by molar-refractivity contribution is 0.0321. The quantitative estimate of drug-likeness (QED) is 0.271. The van der Waals surface area contributed by atoms with E-state index in [1.54, 1.807) is 36.5 Å². The molecule has 9 nitrogen and oxygen atoms in total. The third-order valence-electron chi connectivity index (χ3n) is 7.03. The number of rotatable bonds is 8. The molecule has 1 fully saturated rings. The molecule has 1 aliphatic heterocycles. The van der Waals surface area contributed by atoms with Gasteiger partial charge >= 0.3 is 5.69 Å². The van der Waals surface area contributed by atoms with Gasteiger partial charge in [-0.05, 0) is 53.1 Å². The summed E-state index contributed by atoms with van der Waals surface area (Å²) in [4.78, 5) is 15.7. The second kappa shape index (κ2) is 11.9. The van der Waals surface area contributed by atoms with E-state index in [0.717, 1.165) is 47.5 Å². The van der Waals surface area contributed by atoms with E-state index in [1.165, 1.54) is 9.20 Å². The number of halogens is 2. The van der Waals surface area contributed by atoms with Gasteiger partial charge in [0.2, 0.25) is 0 Å². The predicted octanol–water partition coefficient (Wildman–Crippen LogP) is 5.00. The lowest BCUT2D eigenvalue weighted by Gasteiger charge is -2.26. The van der Waals surface area contributed by atoms with E-state index in [-0.39, 0.29) is 18.0 Å². The summed E-state index contributed by atoms with van der Waals surface area (Å²) >= 11 is 12.3. The van der Waals surface area contributed by atoms with Crippen LogP contribution in [0.2, 0.25) is 10.0 Å². The second-order valence-electron chi connectivity index (χ2n) is 9.73. The monoisotopic (exact) mass is 591 g/mol. The van der Waals surface area contributed by atoms with Crippen LogP contribution in [0.1, 0.15) is 5.56 Å². The molecule has 0 spiro atoms. The Bertz CT molecular complexity index is 1730. The molecule has 3 aromatic carbocycles. The van der Waals surface area contributed by atoms with Crippen LogP contribution in [0.5, 0.6) is 11.5 Å². The Morgan fingerprint density at radius 2 is 1.61 bits per heavy atom. The van der Waals surface area contributed by atoms with Crippen LogP contribution in [0.4, 0.5) is 0 Å². The molecule has 1 N–H and O–H groups in total. The van der Waals surface area contributed by atoms with Crippen molar-refractivity contribution in [1.82, 2.24) is 24.3 Å². The minimum absolute atomic E-state index is 0.0392. The Balaban J connectivity index is 1.33. The Kier molecular flexibility index (Phi) is 7.93. The Morgan fingerprint density at radius 1 is 0.927 bits per heavy atom. The number of morpholine rings is 1. The van der Waals surface area contributed by atoms with Gasteiger partial charge in [0.25, 0.3) is 0 Å². The molecule has 6 rings (SSSR count). The summed E-state index contributed by atoms with van der Waals surface area (Å²) in [6.07, 6.45) is 1.66. The normalized spacial score (nSPS) is 14.0. The van der Waals surface area contributed by atoms with Crippen LogP contribution in [0.15, 0.2) is 77.7 Å². The molecule has 0 amide bonds. The van der Waals surface area contributed by atoms with Crippen LogP contribution >= 0.6 is 23.2 Å². The molecule has 0 radical (unpaired) electrons. The topological polar surface area (TPSA) is 94.1 Å². The van der Waals surface area contributed by atoms with E-state index in [1.807, 2.05) is 36.4 Å². The molecule has 210 valence electrons. The molecule has 3 heterocycles. The van der Waals surface area contributed by atoms with Crippen LogP contribution in [-0.4, -0.2) is 68.9 Å². The first-order valence-electron chi connectivity index (χ1n) is 13.2. The summed E-state index contributed by atoms with van der Waals surface area (Å²) in [5.41, 5.74) is 4.03. The molecule has 11 heteroatoms. The van der Waals surface area contributed by atoms with Crippen molar-refractivity contribution in [3.8, 4) is 33.8 Å². The van der Waals surface area contributed by atoms with Crippen molar-refractivity contribution in [1.29, 1.82) is 0 Å². The first-order chi connectivity index (χ1) is 20.0. The largest absolute Gasteiger partial charge is 0.504 e. The van der Waals surface area contributed by atoms with Gasteiger partial charge in [-0.2, -0.15) is 9.61 Å². The SMILES string of the molecule is O=c1n(Cc2ccc(O)c(OCCN3CCOCC3)c2)nc2c(-c3ccc(Cl)cc3)c(-c3ccc(Cl)cc3)cnn12. The number of fused-ring (bicyclic) bond motifs is 1. The van der Waals surface area contributed by atoms with E-state index >= 15 is 0 Å². The number of benzene rings is 3. The number of hydrogen-bond acceptors (Lipinski definition) is 7. The summed E-state index contributed by atoms with van der Waals surface area (Å²) in [6, 6.07) is 19.8. The van der Waals surface area contributed by atoms with Gasteiger partial charge in [-0.1, -0.05) is 53.5 Å². The minimum atomic E-state index is -0.388. The second-order valence-corrected chi connectivity index (χ2v) is 10.6. The average molecular weight is 592 g/mol. The Labute approximate surface area is 246 Å². The van der Waals surface area contributed by atoms with Crippen molar-refractivity contribution in [2.75, 3.05) is 39.5 Å². The van der Waals surface area contributed by atoms with Crippen molar-refractivity contribution in [2.24, 2.45) is 0 Å². The molecule has 0 bridgehead atoms. The van der Waals surface area contributed by atoms with Gasteiger partial charge in [0.05, 0.1) is 26.0 Å². The Hall–Kier alpha value is -3.89. The van der Waals surface area contributed by atoms with Crippen LogP contribution in [0.3, 0.4) is 0 Å². The zero-order chi connectivity index (χ0) is 28.3. The standard InChI is InChI=1S/C30H27Cl2N5O4/c31-23-6-2-21(3-7-23)25-18-33-37-29(28(25)22-4-8-24(32)9-5-22)34-36(30(37)39)19-20-1-10-26(38)27(17-20)41-16-13-35-11-14-40-15-12-35/h1-10,17-18,38H,11-16,19H2. The van der Waals surface area contributed by atoms with Gasteiger partial charge in [-0.15, -0.1) is 5.10 Å². The zero-order valence-corrected chi connectivity index (χ0v) is 23.6. The highest BCUT2D eigenvalue weighted by Crippen LogP contribution is 2.35. The number of ether oxygens (including phenoxy) is 2. The first kappa shape index (κ1) is 27.3. The van der Waals surface area contributed by atoms with Gasteiger partial charge in [0.1, 0.15) is 6.61 Å². The maximum absolute atomic E-state index is 13.4. The summed E-state index contributed by atoms with van der Waals surface area (Å²) in [5.74, 6) is 0.398. The van der Waals surface area contributed by atoms with Crippen molar-refractivity contribution in [2.45, 2.75) is 6.54 Å². The lowest BCUT2D eigenvalue weighted by atomic mass is 9.97. The fraction of sp³-hybridized carbons (Fsp3) is 0.233. The molecule has 41 heavy (non-hydrogen) atoms. The molecule has 0 unspecified atom stereocenters. The smallest absolute Gasteiger partial charge is 0.367 e. The number of phenols is 1. The van der Waals surface area contributed by atoms with E-state index in [2.05, 4.69) is 10.00 Å². The average Bonchev–Trinajstić information content (AvgIpc) is 3.30. The van der Waals surface area contributed by atoms with E-state index in [9.17, 15) is 9.90 Å². The molecular formula is C30H27Cl2N5O4. The Morgan fingerprint density at radius 3 is 2.32 bits per heavy atom. The minimum Gasteiger partial charge on any atom is -0.504 e. The van der Waals surface area contributed by atoms with Gasteiger partial charge in [0, 0.05) is 40.8 Å². The van der Waals surface area contributed by atoms with E-state index in [0.29, 0.717) is 41.3 Å². The highest BCUT2D eigenvalue weighted by molar-refractivity contribution is 6.31. The van der Waals surface area contributed by atoms with Crippen LogP contribution in [-0.2, 0) is 11.3 Å². The molecule has 0 saturated carbocycles. The van der Waals surface area contributed by atoms with Gasteiger partial charge < -0.3 is 14.6 Å². The number of nitrogens with zero attached hydrogens (tertiary/aromatic N) is 5. The van der Waals surface area contributed by atoms with Gasteiger partial charge in [0.15, 0.2) is 17.1 Å². The molecule has 2 aromatic heterocycles. The summed E-state index contributed by atoms with van der Waals surface area (Å²) in [5, 5.41) is 20.7. The van der Waals surface area contributed by atoms with Gasteiger partial charge in [-0.3, -0.25) is 4.90 Å². The van der Waals surface area contributed by atoms with E-state index < -0.39 is 0 Å². The summed E-state index contributed by atoms with van der Waals surface area (Å²) < 4.78 is 13.9. The number of phenolic OH excluding ortho intramolecular Hbond substituents is 1. The zero-order valence-electron chi connectivity index (χ0n) is 22.0. The summed E-state index contributed by atoms with van der Waals surface area (Å²) in [6.45, 7) is 4.46. The third-order valence-corrected chi connectivity index (χ3v) is 7.53. The van der Waals surface area contributed by atoms with Crippen molar-refractivity contribution < 1.29 is 14.6 Å². The fourth-order valence-corrected chi connectivity index (χ4v) is 5.12. The lowest BCUT2D eigenvalue weighted by Crippen LogP contribution is -2.38. The van der Waals surface area contributed by atoms with E-state index in [4.69, 9.17) is 37.8 Å². The number of hydrogen-bond donors (Lipinski definition) is 1.